The molecule has 2 N–H and O–H groups in total. The first kappa shape index (κ1) is 19.0. The van der Waals surface area contributed by atoms with Gasteiger partial charge in [0.15, 0.2) is 0 Å². The van der Waals surface area contributed by atoms with Crippen LogP contribution in [0.25, 0.3) is 0 Å². The molecule has 1 aromatic heterocycles. The van der Waals surface area contributed by atoms with Crippen molar-refractivity contribution in [3.8, 4) is 5.88 Å². The van der Waals surface area contributed by atoms with Crippen LogP contribution < -0.4 is 0 Å². The summed E-state index contributed by atoms with van der Waals surface area (Å²) < 4.78 is 39.0. The van der Waals surface area contributed by atoms with Crippen molar-refractivity contribution in [2.45, 2.75) is 42.6 Å². The van der Waals surface area contributed by atoms with Gasteiger partial charge in [0.1, 0.15) is 5.03 Å². The van der Waals surface area contributed by atoms with E-state index in [-0.39, 0.29) is 16.7 Å². The van der Waals surface area contributed by atoms with Crippen molar-refractivity contribution in [1.29, 1.82) is 5.41 Å². The molecule has 0 atom stereocenters. The molecule has 3 nitrogen and oxygen atoms in total. The first-order valence-electron chi connectivity index (χ1n) is 8.05. The molecule has 0 spiro atoms. The lowest BCUT2D eigenvalue weighted by molar-refractivity contribution is -0.137. The van der Waals surface area contributed by atoms with Crippen molar-refractivity contribution in [3.63, 3.8) is 0 Å². The molecule has 0 fully saturated rings. The maximum absolute atomic E-state index is 13.0. The van der Waals surface area contributed by atoms with E-state index in [0.717, 1.165) is 49.1 Å². The number of hydrogen-bond acceptors (Lipinski definition) is 4. The zero-order valence-electron chi connectivity index (χ0n) is 13.7. The minimum atomic E-state index is -4.50. The van der Waals surface area contributed by atoms with Gasteiger partial charge in [-0.3, -0.25) is 0 Å². The molecule has 8 heteroatoms. The number of alkyl halides is 3. The van der Waals surface area contributed by atoms with Crippen molar-refractivity contribution < 1.29 is 18.3 Å². The molecule has 1 aromatic carbocycles. The molecule has 0 amide bonds. The first-order chi connectivity index (χ1) is 12.3. The van der Waals surface area contributed by atoms with Crippen molar-refractivity contribution in [2.75, 3.05) is 0 Å². The monoisotopic (exact) mass is 400 g/mol. The molecule has 0 radical (unpaired) electrons. The summed E-state index contributed by atoms with van der Waals surface area (Å²) in [5.74, 6) is 0.00394. The number of aromatic hydroxyl groups is 1. The Morgan fingerprint density at radius 2 is 1.92 bits per heavy atom. The fourth-order valence-electron chi connectivity index (χ4n) is 3.12. The van der Waals surface area contributed by atoms with E-state index < -0.39 is 11.7 Å². The third-order valence-corrected chi connectivity index (χ3v) is 5.91. The SMILES string of the molecule is N=Cc1c(O)nc(SCc2cccc(C(F)(F)F)c2Cl)c2c1CCCC2. The molecule has 138 valence electrons. The summed E-state index contributed by atoms with van der Waals surface area (Å²) in [7, 11) is 0. The van der Waals surface area contributed by atoms with Gasteiger partial charge in [-0.05, 0) is 48.4 Å². The summed E-state index contributed by atoms with van der Waals surface area (Å²) in [5, 5.41) is 17.9. The van der Waals surface area contributed by atoms with Gasteiger partial charge >= 0.3 is 6.18 Å². The number of aromatic nitrogens is 1. The Kier molecular flexibility index (Phi) is 5.48. The van der Waals surface area contributed by atoms with E-state index >= 15 is 0 Å². The number of nitrogens with one attached hydrogen (secondary N) is 1. The van der Waals surface area contributed by atoms with E-state index in [9.17, 15) is 18.3 Å². The lowest BCUT2D eigenvalue weighted by Crippen LogP contribution is -2.10. The largest absolute Gasteiger partial charge is 0.493 e. The van der Waals surface area contributed by atoms with Crippen LogP contribution in [0.4, 0.5) is 13.2 Å². The van der Waals surface area contributed by atoms with Gasteiger partial charge in [-0.1, -0.05) is 23.7 Å². The number of fused-ring (bicyclic) bond motifs is 1. The molecule has 0 unspecified atom stereocenters. The quantitative estimate of drug-likeness (QED) is 0.516. The number of benzene rings is 1. The molecule has 3 rings (SSSR count). The predicted molar refractivity (Wildman–Crippen MR) is 96.4 cm³/mol. The second-order valence-corrected chi connectivity index (χ2v) is 7.37. The average molecular weight is 401 g/mol. The van der Waals surface area contributed by atoms with Crippen LogP contribution in [0.15, 0.2) is 23.2 Å². The standard InChI is InChI=1S/C18H16ClF3N2OS/c19-15-10(4-3-7-14(15)18(20,21)22)9-26-17-12-6-2-1-5-11(12)13(8-23)16(25)24-17/h3-4,7-8,23H,1-2,5-6,9H2,(H,24,25). The van der Waals surface area contributed by atoms with Gasteiger partial charge in [0.2, 0.25) is 5.88 Å². The highest BCUT2D eigenvalue weighted by Crippen LogP contribution is 2.40. The van der Waals surface area contributed by atoms with Crippen LogP contribution in [-0.4, -0.2) is 16.3 Å². The molecule has 2 aromatic rings. The van der Waals surface area contributed by atoms with E-state index in [0.29, 0.717) is 16.2 Å². The van der Waals surface area contributed by atoms with E-state index in [1.54, 1.807) is 6.07 Å². The molecule has 0 saturated heterocycles. The highest BCUT2D eigenvalue weighted by atomic mass is 35.5. The normalized spacial score (nSPS) is 14.2. The third kappa shape index (κ3) is 3.69. The maximum Gasteiger partial charge on any atom is 0.417 e. The number of nitrogens with zero attached hydrogens (tertiary/aromatic N) is 1. The van der Waals surface area contributed by atoms with E-state index in [2.05, 4.69) is 4.98 Å². The number of halogens is 4. The van der Waals surface area contributed by atoms with Gasteiger partial charge in [-0.2, -0.15) is 13.2 Å². The molecular weight excluding hydrogens is 385 g/mol. The number of thioether (sulfide) groups is 1. The fourth-order valence-corrected chi connectivity index (χ4v) is 4.59. The van der Waals surface area contributed by atoms with Crippen LogP contribution in [0.2, 0.25) is 5.02 Å². The van der Waals surface area contributed by atoms with E-state index in [4.69, 9.17) is 17.0 Å². The van der Waals surface area contributed by atoms with Crippen LogP contribution in [0.3, 0.4) is 0 Å². The fraction of sp³-hybridized carbons (Fsp3) is 0.333. The molecule has 1 aliphatic carbocycles. The average Bonchev–Trinajstić information content (AvgIpc) is 2.59. The highest BCUT2D eigenvalue weighted by Gasteiger charge is 2.33. The third-order valence-electron chi connectivity index (χ3n) is 4.39. The van der Waals surface area contributed by atoms with Crippen LogP contribution in [0, 0.1) is 5.41 Å². The Morgan fingerprint density at radius 3 is 2.58 bits per heavy atom. The van der Waals surface area contributed by atoms with E-state index in [1.165, 1.54) is 17.8 Å². The predicted octanol–water partition coefficient (Wildman–Crippen LogP) is 5.63. The van der Waals surface area contributed by atoms with Gasteiger partial charge in [0, 0.05) is 12.0 Å². The number of rotatable bonds is 4. The summed E-state index contributed by atoms with van der Waals surface area (Å²) in [6.07, 6.45) is 0.0927. The number of hydrogen-bond donors (Lipinski definition) is 2. The number of pyridine rings is 1. The molecule has 1 aliphatic rings. The van der Waals surface area contributed by atoms with Crippen molar-refractivity contribution in [3.05, 3.63) is 51.0 Å². The van der Waals surface area contributed by atoms with Crippen molar-refractivity contribution in [2.24, 2.45) is 0 Å². The topological polar surface area (TPSA) is 57.0 Å². The lowest BCUT2D eigenvalue weighted by atomic mass is 9.90. The zero-order valence-corrected chi connectivity index (χ0v) is 15.2. The lowest BCUT2D eigenvalue weighted by Gasteiger charge is -2.21. The summed E-state index contributed by atoms with van der Waals surface area (Å²) >= 11 is 7.21. The Hall–Kier alpha value is -1.73. The van der Waals surface area contributed by atoms with Crippen molar-refractivity contribution in [1.82, 2.24) is 4.98 Å². The summed E-state index contributed by atoms with van der Waals surface area (Å²) in [4.78, 5) is 4.18. The van der Waals surface area contributed by atoms with Crippen LogP contribution in [0.1, 0.15) is 40.7 Å². The van der Waals surface area contributed by atoms with Crippen LogP contribution in [0.5, 0.6) is 5.88 Å². The molecule has 1 heterocycles. The van der Waals surface area contributed by atoms with Gasteiger partial charge in [-0.15, -0.1) is 11.8 Å². The van der Waals surface area contributed by atoms with E-state index in [1.807, 2.05) is 0 Å². The Balaban J connectivity index is 1.92. The smallest absolute Gasteiger partial charge is 0.417 e. The summed E-state index contributed by atoms with van der Waals surface area (Å²) in [6, 6.07) is 3.85. The first-order valence-corrected chi connectivity index (χ1v) is 9.42. The maximum atomic E-state index is 13.0. The second-order valence-electron chi connectivity index (χ2n) is 6.03. The molecule has 26 heavy (non-hydrogen) atoms. The van der Waals surface area contributed by atoms with Crippen molar-refractivity contribution >= 4 is 29.6 Å². The summed E-state index contributed by atoms with van der Waals surface area (Å²) in [5.41, 5.74) is 1.83. The van der Waals surface area contributed by atoms with Gasteiger partial charge in [0.05, 0.1) is 16.1 Å². The minimum absolute atomic E-state index is 0.210. The van der Waals surface area contributed by atoms with Gasteiger partial charge < -0.3 is 10.5 Å². The Morgan fingerprint density at radius 1 is 1.23 bits per heavy atom. The van der Waals surface area contributed by atoms with Gasteiger partial charge in [-0.25, -0.2) is 4.98 Å². The molecule has 0 saturated carbocycles. The molecule has 0 bridgehead atoms. The zero-order chi connectivity index (χ0) is 18.9. The molecule has 0 aliphatic heterocycles. The van der Waals surface area contributed by atoms with Crippen LogP contribution >= 0.6 is 23.4 Å². The Bertz CT molecular complexity index is 855. The minimum Gasteiger partial charge on any atom is -0.493 e. The molecular formula is C18H16ClF3N2OS. The highest BCUT2D eigenvalue weighted by molar-refractivity contribution is 7.98. The second kappa shape index (κ2) is 7.48. The van der Waals surface area contributed by atoms with Gasteiger partial charge in [0.25, 0.3) is 0 Å². The summed E-state index contributed by atoms with van der Waals surface area (Å²) in [6.45, 7) is 0. The van der Waals surface area contributed by atoms with Crippen LogP contribution in [-0.2, 0) is 24.8 Å². The Labute approximate surface area is 158 Å².